The van der Waals surface area contributed by atoms with Gasteiger partial charge in [0.25, 0.3) is 0 Å². The Kier molecular flexibility index (Phi) is 4.19. The molecular formula is C17H25NO. The highest BCUT2D eigenvalue weighted by Gasteiger charge is 2.38. The van der Waals surface area contributed by atoms with Crippen LogP contribution in [0.5, 0.6) is 0 Å². The van der Waals surface area contributed by atoms with Gasteiger partial charge in [-0.3, -0.25) is 0 Å². The third-order valence-corrected chi connectivity index (χ3v) is 4.97. The molecule has 0 spiro atoms. The highest BCUT2D eigenvalue weighted by atomic mass is 16.2. The predicted molar refractivity (Wildman–Crippen MR) is 78.2 cm³/mol. The standard InChI is InChI=1S/C17H25NO/c19-10-4-3-9-18-17-15-7-8-16(17)12-14-6-2-1-5-13(14)11-15/h1-2,5-6,15-19H,3-4,7-12H2. The molecule has 1 saturated carbocycles. The molecular weight excluding hydrogens is 234 g/mol. The van der Waals surface area contributed by atoms with Gasteiger partial charge in [-0.25, -0.2) is 0 Å². The van der Waals surface area contributed by atoms with Crippen LogP contribution in [0.4, 0.5) is 0 Å². The molecule has 2 aliphatic carbocycles. The Morgan fingerprint density at radius 2 is 1.63 bits per heavy atom. The molecule has 0 saturated heterocycles. The molecule has 1 fully saturated rings. The maximum Gasteiger partial charge on any atom is 0.0431 e. The number of unbranched alkanes of at least 4 members (excludes halogenated alkanes) is 1. The highest BCUT2D eigenvalue weighted by molar-refractivity contribution is 5.30. The third kappa shape index (κ3) is 2.85. The van der Waals surface area contributed by atoms with E-state index >= 15 is 0 Å². The van der Waals surface area contributed by atoms with E-state index in [0.29, 0.717) is 12.6 Å². The van der Waals surface area contributed by atoms with Crippen molar-refractivity contribution in [2.45, 2.75) is 44.6 Å². The van der Waals surface area contributed by atoms with Gasteiger partial charge in [-0.05, 0) is 68.0 Å². The third-order valence-electron chi connectivity index (χ3n) is 4.97. The van der Waals surface area contributed by atoms with E-state index in [4.69, 9.17) is 5.11 Å². The molecule has 104 valence electrons. The van der Waals surface area contributed by atoms with Crippen LogP contribution in [0, 0.1) is 11.8 Å². The number of aliphatic hydroxyl groups is 1. The maximum atomic E-state index is 8.86. The van der Waals surface area contributed by atoms with Crippen LogP contribution in [0.25, 0.3) is 0 Å². The van der Waals surface area contributed by atoms with Gasteiger partial charge in [0.2, 0.25) is 0 Å². The van der Waals surface area contributed by atoms with Gasteiger partial charge in [-0.15, -0.1) is 0 Å². The topological polar surface area (TPSA) is 32.3 Å². The van der Waals surface area contributed by atoms with Crippen molar-refractivity contribution >= 4 is 0 Å². The summed E-state index contributed by atoms with van der Waals surface area (Å²) in [5, 5.41) is 12.6. The van der Waals surface area contributed by atoms with E-state index in [0.717, 1.165) is 31.2 Å². The zero-order valence-electron chi connectivity index (χ0n) is 11.6. The van der Waals surface area contributed by atoms with E-state index in [-0.39, 0.29) is 0 Å². The van der Waals surface area contributed by atoms with Crippen LogP contribution in [0.15, 0.2) is 24.3 Å². The van der Waals surface area contributed by atoms with E-state index in [1.807, 2.05) is 0 Å². The number of rotatable bonds is 5. The Balaban J connectivity index is 1.66. The van der Waals surface area contributed by atoms with Crippen molar-refractivity contribution in [2.75, 3.05) is 13.2 Å². The normalized spacial score (nSPS) is 29.0. The average Bonchev–Trinajstić information content (AvgIpc) is 2.70. The molecule has 3 rings (SSSR count). The minimum absolute atomic E-state index is 0.324. The molecule has 2 atom stereocenters. The summed E-state index contributed by atoms with van der Waals surface area (Å²) in [5.74, 6) is 1.64. The zero-order valence-corrected chi connectivity index (χ0v) is 11.6. The largest absolute Gasteiger partial charge is 0.396 e. The van der Waals surface area contributed by atoms with E-state index in [9.17, 15) is 0 Å². The lowest BCUT2D eigenvalue weighted by molar-refractivity contribution is 0.277. The lowest BCUT2D eigenvalue weighted by Gasteiger charge is -2.23. The van der Waals surface area contributed by atoms with Gasteiger partial charge in [0, 0.05) is 12.6 Å². The van der Waals surface area contributed by atoms with Crippen molar-refractivity contribution in [3.63, 3.8) is 0 Å². The fourth-order valence-electron chi connectivity index (χ4n) is 3.99. The zero-order chi connectivity index (χ0) is 13.1. The van der Waals surface area contributed by atoms with Crippen LogP contribution in [0.1, 0.15) is 36.8 Å². The van der Waals surface area contributed by atoms with E-state index in [1.165, 1.54) is 25.7 Å². The van der Waals surface area contributed by atoms with Crippen molar-refractivity contribution in [1.82, 2.24) is 5.32 Å². The Morgan fingerprint density at radius 1 is 1.00 bits per heavy atom. The summed E-state index contributed by atoms with van der Waals surface area (Å²) in [6.07, 6.45) is 7.30. The van der Waals surface area contributed by atoms with Crippen LogP contribution < -0.4 is 5.32 Å². The molecule has 1 aromatic carbocycles. The van der Waals surface area contributed by atoms with E-state index < -0.39 is 0 Å². The molecule has 2 unspecified atom stereocenters. The van der Waals surface area contributed by atoms with E-state index in [1.54, 1.807) is 11.1 Å². The fraction of sp³-hybridized carbons (Fsp3) is 0.647. The average molecular weight is 259 g/mol. The minimum atomic E-state index is 0.324. The van der Waals surface area contributed by atoms with Gasteiger partial charge in [0.05, 0.1) is 0 Å². The second-order valence-corrected chi connectivity index (χ2v) is 6.19. The van der Waals surface area contributed by atoms with Crippen LogP contribution in [-0.4, -0.2) is 24.3 Å². The fourth-order valence-corrected chi connectivity index (χ4v) is 3.99. The first-order valence-corrected chi connectivity index (χ1v) is 7.79. The summed E-state index contributed by atoms with van der Waals surface area (Å²) in [6.45, 7) is 1.39. The SMILES string of the molecule is OCCCCNC1C2CCC1Cc1ccccc1C2. The lowest BCUT2D eigenvalue weighted by Crippen LogP contribution is -2.38. The summed E-state index contributed by atoms with van der Waals surface area (Å²) in [5.41, 5.74) is 3.16. The molecule has 2 N–H and O–H groups in total. The molecule has 2 bridgehead atoms. The number of benzene rings is 1. The summed E-state index contributed by atoms with van der Waals surface area (Å²) in [6, 6.07) is 9.70. The molecule has 2 nitrogen and oxygen atoms in total. The second-order valence-electron chi connectivity index (χ2n) is 6.19. The molecule has 0 aliphatic heterocycles. The molecule has 0 radical (unpaired) electrons. The first-order valence-electron chi connectivity index (χ1n) is 7.79. The number of hydrogen-bond donors (Lipinski definition) is 2. The molecule has 2 heteroatoms. The maximum absolute atomic E-state index is 8.86. The molecule has 0 heterocycles. The van der Waals surface area contributed by atoms with Crippen molar-refractivity contribution in [2.24, 2.45) is 11.8 Å². The van der Waals surface area contributed by atoms with Crippen molar-refractivity contribution in [3.05, 3.63) is 35.4 Å². The van der Waals surface area contributed by atoms with Gasteiger partial charge >= 0.3 is 0 Å². The molecule has 19 heavy (non-hydrogen) atoms. The van der Waals surface area contributed by atoms with Gasteiger partial charge in [0.1, 0.15) is 0 Å². The number of nitrogens with one attached hydrogen (secondary N) is 1. The second kappa shape index (κ2) is 6.06. The predicted octanol–water partition coefficient (Wildman–Crippen LogP) is 2.54. The number of fused-ring (bicyclic) bond motifs is 3. The van der Waals surface area contributed by atoms with Crippen LogP contribution >= 0.6 is 0 Å². The monoisotopic (exact) mass is 259 g/mol. The molecule has 0 aromatic heterocycles. The highest BCUT2D eigenvalue weighted by Crippen LogP contribution is 2.39. The molecule has 0 amide bonds. The van der Waals surface area contributed by atoms with Crippen LogP contribution in [-0.2, 0) is 12.8 Å². The molecule has 2 aliphatic rings. The summed E-state index contributed by atoms with van der Waals surface area (Å²) in [4.78, 5) is 0. The lowest BCUT2D eigenvalue weighted by atomic mass is 9.94. The molecule has 1 aromatic rings. The van der Waals surface area contributed by atoms with Crippen LogP contribution in [0.2, 0.25) is 0 Å². The van der Waals surface area contributed by atoms with Crippen molar-refractivity contribution in [3.8, 4) is 0 Å². The van der Waals surface area contributed by atoms with Gasteiger partial charge in [-0.2, -0.15) is 0 Å². The van der Waals surface area contributed by atoms with Crippen molar-refractivity contribution in [1.29, 1.82) is 0 Å². The Morgan fingerprint density at radius 3 is 2.21 bits per heavy atom. The van der Waals surface area contributed by atoms with E-state index in [2.05, 4.69) is 29.6 Å². The van der Waals surface area contributed by atoms with Crippen molar-refractivity contribution < 1.29 is 5.11 Å². The van der Waals surface area contributed by atoms with Gasteiger partial charge in [0.15, 0.2) is 0 Å². The number of aliphatic hydroxyl groups excluding tert-OH is 1. The summed E-state index contributed by atoms with van der Waals surface area (Å²) in [7, 11) is 0. The summed E-state index contributed by atoms with van der Waals surface area (Å²) < 4.78 is 0. The number of hydrogen-bond acceptors (Lipinski definition) is 2. The Labute approximate surface area is 116 Å². The Bertz CT molecular complexity index is 384. The first kappa shape index (κ1) is 13.1. The Hall–Kier alpha value is -0.860. The van der Waals surface area contributed by atoms with Gasteiger partial charge in [-0.1, -0.05) is 24.3 Å². The smallest absolute Gasteiger partial charge is 0.0431 e. The van der Waals surface area contributed by atoms with Crippen LogP contribution in [0.3, 0.4) is 0 Å². The quantitative estimate of drug-likeness (QED) is 0.797. The summed E-state index contributed by atoms with van der Waals surface area (Å²) >= 11 is 0. The first-order chi connectivity index (χ1) is 9.38. The van der Waals surface area contributed by atoms with Gasteiger partial charge < -0.3 is 10.4 Å². The minimum Gasteiger partial charge on any atom is -0.396 e.